The second-order valence-corrected chi connectivity index (χ2v) is 7.28. The van der Waals surface area contributed by atoms with Gasteiger partial charge in [0.25, 0.3) is 0 Å². The quantitative estimate of drug-likeness (QED) is 0.627. The summed E-state index contributed by atoms with van der Waals surface area (Å²) in [6.45, 7) is -0.238. The molecule has 0 saturated heterocycles. The first kappa shape index (κ1) is 13.8. The number of hydrogen-bond acceptors (Lipinski definition) is 5. The predicted molar refractivity (Wildman–Crippen MR) is 60.9 cm³/mol. The first-order chi connectivity index (χ1) is 7.18. The third-order valence-corrected chi connectivity index (χ3v) is 2.51. The van der Waals surface area contributed by atoms with E-state index in [0.29, 0.717) is 0 Å². The number of halogens is 3. The van der Waals surface area contributed by atoms with Crippen LogP contribution in [0.25, 0.3) is 0 Å². The molecule has 1 aromatic rings. The summed E-state index contributed by atoms with van der Waals surface area (Å²) in [7, 11) is -3.48. The van der Waals surface area contributed by atoms with E-state index >= 15 is 0 Å². The Balaban J connectivity index is 2.84. The van der Waals surface area contributed by atoms with Gasteiger partial charge in [0.15, 0.2) is 0 Å². The van der Waals surface area contributed by atoms with Crippen LogP contribution in [0.2, 0.25) is 0 Å². The van der Waals surface area contributed by atoms with Gasteiger partial charge in [-0.25, -0.2) is 13.4 Å². The van der Waals surface area contributed by atoms with E-state index in [-0.39, 0.29) is 17.6 Å². The lowest BCUT2D eigenvalue weighted by molar-refractivity contribution is 0.309. The van der Waals surface area contributed by atoms with Gasteiger partial charge in [-0.2, -0.15) is 4.98 Å². The molecule has 1 aromatic heterocycles. The van der Waals surface area contributed by atoms with Gasteiger partial charge >= 0.3 is 0 Å². The lowest BCUT2D eigenvalue weighted by Gasteiger charge is -2.11. The largest absolute Gasteiger partial charge is 0.473 e. The van der Waals surface area contributed by atoms with Crippen LogP contribution >= 0.6 is 34.8 Å². The van der Waals surface area contributed by atoms with Gasteiger partial charge in [0.1, 0.15) is 6.61 Å². The molecule has 0 N–H and O–H groups in total. The van der Waals surface area contributed by atoms with Crippen molar-refractivity contribution in [2.45, 2.75) is 8.95 Å². The minimum atomic E-state index is -3.48. The Morgan fingerprint density at radius 2 is 2.06 bits per heavy atom. The molecule has 0 aliphatic carbocycles. The fourth-order valence-electron chi connectivity index (χ4n) is 0.740. The fourth-order valence-corrected chi connectivity index (χ4v) is 1.41. The fraction of sp³-hybridized carbons (Fsp3) is 0.429. The Morgan fingerprint density at radius 3 is 2.56 bits per heavy atom. The molecule has 0 amide bonds. The highest BCUT2D eigenvalue weighted by molar-refractivity contribution is 7.90. The molecule has 0 atom stereocenters. The van der Waals surface area contributed by atoms with Crippen LogP contribution in [0.3, 0.4) is 0 Å². The minimum absolute atomic E-state index is 0.0294. The number of rotatable bonds is 3. The van der Waals surface area contributed by atoms with Gasteiger partial charge in [-0.1, -0.05) is 34.8 Å². The van der Waals surface area contributed by atoms with E-state index in [1.165, 1.54) is 12.3 Å². The first-order valence-electron chi connectivity index (χ1n) is 3.91. The zero-order chi connectivity index (χ0) is 12.4. The van der Waals surface area contributed by atoms with Crippen molar-refractivity contribution in [2.24, 2.45) is 0 Å². The Hall–Kier alpha value is -0.300. The molecule has 0 spiro atoms. The van der Waals surface area contributed by atoms with E-state index in [4.69, 9.17) is 39.5 Å². The van der Waals surface area contributed by atoms with Crippen molar-refractivity contribution in [3.8, 4) is 5.88 Å². The van der Waals surface area contributed by atoms with Gasteiger partial charge in [-0.3, -0.25) is 0 Å². The highest BCUT2D eigenvalue weighted by Gasteiger charge is 2.21. The maximum atomic E-state index is 11.1. The zero-order valence-corrected chi connectivity index (χ0v) is 11.1. The van der Waals surface area contributed by atoms with Crippen molar-refractivity contribution in [1.29, 1.82) is 0 Å². The molecular formula is C7H7Cl3N2O3S. The Morgan fingerprint density at radius 1 is 1.44 bits per heavy atom. The van der Waals surface area contributed by atoms with E-state index in [1.807, 2.05) is 0 Å². The summed E-state index contributed by atoms with van der Waals surface area (Å²) in [6, 6.07) is 1.37. The summed E-state index contributed by atoms with van der Waals surface area (Å²) >= 11 is 16.4. The van der Waals surface area contributed by atoms with Crippen LogP contribution in [0.5, 0.6) is 5.88 Å². The molecular weight excluding hydrogens is 299 g/mol. The SMILES string of the molecule is CS(=O)(=O)c1nccc(OCC(Cl)(Cl)Cl)n1. The van der Waals surface area contributed by atoms with E-state index in [0.717, 1.165) is 6.26 Å². The van der Waals surface area contributed by atoms with Crippen LogP contribution in [0, 0.1) is 0 Å². The molecule has 0 unspecified atom stereocenters. The summed E-state index contributed by atoms with van der Waals surface area (Å²) in [4.78, 5) is 7.23. The first-order valence-corrected chi connectivity index (χ1v) is 6.94. The van der Waals surface area contributed by atoms with Crippen molar-refractivity contribution >= 4 is 44.6 Å². The highest BCUT2D eigenvalue weighted by Crippen LogP contribution is 2.26. The maximum Gasteiger partial charge on any atom is 0.250 e. The van der Waals surface area contributed by atoms with Crippen molar-refractivity contribution in [2.75, 3.05) is 12.9 Å². The van der Waals surface area contributed by atoms with Crippen molar-refractivity contribution in [1.82, 2.24) is 9.97 Å². The number of nitrogens with zero attached hydrogens (tertiary/aromatic N) is 2. The standard InChI is InChI=1S/C7H7Cl3N2O3S/c1-16(13,14)6-11-3-2-5(12-6)15-4-7(8,9)10/h2-3H,4H2,1H3. The lowest BCUT2D eigenvalue weighted by Crippen LogP contribution is -2.16. The topological polar surface area (TPSA) is 69.2 Å². The molecule has 0 bridgehead atoms. The molecule has 16 heavy (non-hydrogen) atoms. The average molecular weight is 306 g/mol. The predicted octanol–water partition coefficient (Wildman–Crippen LogP) is 1.63. The molecule has 5 nitrogen and oxygen atoms in total. The molecule has 0 aromatic carbocycles. The smallest absolute Gasteiger partial charge is 0.250 e. The third kappa shape index (κ3) is 4.69. The Bertz CT molecular complexity index is 472. The van der Waals surface area contributed by atoms with Gasteiger partial charge in [0.2, 0.25) is 24.7 Å². The molecule has 90 valence electrons. The number of alkyl halides is 3. The molecule has 0 aliphatic rings. The number of aromatic nitrogens is 2. The number of ether oxygens (including phenoxy) is 1. The molecule has 0 radical (unpaired) electrons. The summed E-state index contributed by atoms with van der Waals surface area (Å²) in [5.41, 5.74) is 0. The number of hydrogen-bond donors (Lipinski definition) is 0. The van der Waals surface area contributed by atoms with Gasteiger partial charge in [-0.15, -0.1) is 0 Å². The van der Waals surface area contributed by atoms with E-state index in [9.17, 15) is 8.42 Å². The van der Waals surface area contributed by atoms with Crippen LogP contribution < -0.4 is 4.74 Å². The molecule has 0 fully saturated rings. The third-order valence-electron chi connectivity index (χ3n) is 1.32. The monoisotopic (exact) mass is 304 g/mol. The van der Waals surface area contributed by atoms with Crippen LogP contribution in [-0.4, -0.2) is 35.0 Å². The second kappa shape index (κ2) is 4.91. The van der Waals surface area contributed by atoms with E-state index in [1.54, 1.807) is 0 Å². The zero-order valence-electron chi connectivity index (χ0n) is 8.02. The second-order valence-electron chi connectivity index (χ2n) is 2.85. The van der Waals surface area contributed by atoms with Gasteiger partial charge in [-0.05, 0) is 0 Å². The summed E-state index contributed by atoms with van der Waals surface area (Å²) in [5.74, 6) is 0.0294. The highest BCUT2D eigenvalue weighted by atomic mass is 35.6. The molecule has 1 rings (SSSR count). The van der Waals surface area contributed by atoms with Gasteiger partial charge < -0.3 is 4.74 Å². The Kier molecular flexibility index (Phi) is 4.23. The van der Waals surface area contributed by atoms with E-state index in [2.05, 4.69) is 9.97 Å². The van der Waals surface area contributed by atoms with E-state index < -0.39 is 13.6 Å². The van der Waals surface area contributed by atoms with Crippen LogP contribution in [0.4, 0.5) is 0 Å². The molecule has 0 aliphatic heterocycles. The molecule has 0 saturated carbocycles. The van der Waals surface area contributed by atoms with Gasteiger partial charge in [0.05, 0.1) is 0 Å². The lowest BCUT2D eigenvalue weighted by atomic mass is 10.6. The molecule has 1 heterocycles. The maximum absolute atomic E-state index is 11.1. The van der Waals surface area contributed by atoms with Crippen LogP contribution in [0.15, 0.2) is 17.4 Å². The van der Waals surface area contributed by atoms with Crippen molar-refractivity contribution in [3.63, 3.8) is 0 Å². The average Bonchev–Trinajstić information content (AvgIpc) is 2.13. The summed E-state index contributed by atoms with van der Waals surface area (Å²) < 4.78 is 25.7. The van der Waals surface area contributed by atoms with Crippen LogP contribution in [-0.2, 0) is 9.84 Å². The summed E-state index contributed by atoms with van der Waals surface area (Å²) in [5, 5.41) is -0.339. The number of sulfone groups is 1. The minimum Gasteiger partial charge on any atom is -0.473 e. The van der Waals surface area contributed by atoms with Gasteiger partial charge in [0, 0.05) is 18.5 Å². The summed E-state index contributed by atoms with van der Waals surface area (Å²) in [6.07, 6.45) is 2.23. The van der Waals surface area contributed by atoms with Crippen molar-refractivity contribution in [3.05, 3.63) is 12.3 Å². The molecule has 9 heteroatoms. The van der Waals surface area contributed by atoms with Crippen LogP contribution in [0.1, 0.15) is 0 Å². The normalized spacial score (nSPS) is 12.5. The Labute approximate surface area is 108 Å². The van der Waals surface area contributed by atoms with Crippen molar-refractivity contribution < 1.29 is 13.2 Å².